The summed E-state index contributed by atoms with van der Waals surface area (Å²) in [5.74, 6) is -1.03. The van der Waals surface area contributed by atoms with Crippen LogP contribution in [0, 0.1) is 23.5 Å². The molecule has 0 aliphatic carbocycles. The highest BCUT2D eigenvalue weighted by atomic mass is 32.1. The molecule has 4 heterocycles. The Morgan fingerprint density at radius 1 is 0.941 bits per heavy atom. The van der Waals surface area contributed by atoms with Gasteiger partial charge in [0.2, 0.25) is 5.78 Å². The minimum absolute atomic E-state index is 0.123. The van der Waals surface area contributed by atoms with E-state index in [9.17, 15) is 18.4 Å². The Kier molecular flexibility index (Phi) is 6.32. The molecule has 2 bridgehead atoms. The Hall–Kier alpha value is -2.90. The quantitative estimate of drug-likeness (QED) is 0.257. The van der Waals surface area contributed by atoms with E-state index in [4.69, 9.17) is 4.74 Å². The molecule has 3 aliphatic heterocycles. The fraction of sp³-hybridized carbons (Fsp3) is 0.333. The molecule has 7 heteroatoms. The van der Waals surface area contributed by atoms with Gasteiger partial charge < -0.3 is 9.22 Å². The molecule has 3 fully saturated rings. The summed E-state index contributed by atoms with van der Waals surface area (Å²) in [5.41, 5.74) is 1.25. The van der Waals surface area contributed by atoms with E-state index in [-0.39, 0.29) is 35.2 Å². The summed E-state index contributed by atoms with van der Waals surface area (Å²) >= 11 is 1.45. The Bertz CT molecular complexity index is 1110. The van der Waals surface area contributed by atoms with Gasteiger partial charge in [-0.2, -0.15) is 0 Å². The number of piperidine rings is 3. The van der Waals surface area contributed by atoms with Gasteiger partial charge in [-0.25, -0.2) is 8.78 Å². The molecule has 0 saturated carbocycles. The van der Waals surface area contributed by atoms with E-state index in [0.29, 0.717) is 28.7 Å². The molecule has 4 nitrogen and oxygen atoms in total. The highest BCUT2D eigenvalue weighted by Crippen LogP contribution is 2.40. The first-order chi connectivity index (χ1) is 16.4. The van der Waals surface area contributed by atoms with E-state index in [1.165, 1.54) is 35.6 Å². The molecule has 3 aromatic rings. The second kappa shape index (κ2) is 9.39. The Balaban J connectivity index is 1.36. The maximum absolute atomic E-state index is 13.5. The number of ether oxygens (including phenoxy) is 1. The normalized spacial score (nSPS) is 23.7. The van der Waals surface area contributed by atoms with E-state index in [1.807, 2.05) is 17.5 Å². The van der Waals surface area contributed by atoms with Gasteiger partial charge in [-0.3, -0.25) is 9.59 Å². The van der Waals surface area contributed by atoms with Crippen LogP contribution in [0.5, 0.6) is 0 Å². The summed E-state index contributed by atoms with van der Waals surface area (Å²) in [6, 6.07) is 15.4. The first-order valence-electron chi connectivity index (χ1n) is 11.6. The topological polar surface area (TPSA) is 43.4 Å². The minimum Gasteiger partial charge on any atom is -0.452 e. The van der Waals surface area contributed by atoms with Crippen LogP contribution in [0.4, 0.5) is 8.78 Å². The van der Waals surface area contributed by atoms with Crippen molar-refractivity contribution >= 4 is 23.1 Å². The summed E-state index contributed by atoms with van der Waals surface area (Å²) in [6.45, 7) is 2.77. The zero-order chi connectivity index (χ0) is 23.7. The highest BCUT2D eigenvalue weighted by molar-refractivity contribution is 7.12. The first-order valence-corrected chi connectivity index (χ1v) is 12.4. The molecule has 6 rings (SSSR count). The maximum Gasteiger partial charge on any atom is 0.315 e. The van der Waals surface area contributed by atoms with E-state index in [1.54, 1.807) is 24.3 Å². The molecule has 1 atom stereocenters. The summed E-state index contributed by atoms with van der Waals surface area (Å²) in [7, 11) is 0. The summed E-state index contributed by atoms with van der Waals surface area (Å²) in [6.07, 6.45) is 1.01. The molecule has 1 unspecified atom stereocenters. The van der Waals surface area contributed by atoms with Crippen LogP contribution in [-0.4, -0.2) is 42.4 Å². The molecule has 0 amide bonds. The van der Waals surface area contributed by atoms with E-state index in [2.05, 4.69) is 0 Å². The molecular formula is C27H26F2NO3S+. The Morgan fingerprint density at radius 3 is 2.06 bits per heavy atom. The van der Waals surface area contributed by atoms with Gasteiger partial charge in [-0.05, 0) is 52.8 Å². The maximum atomic E-state index is 13.5. The minimum atomic E-state index is -0.759. The van der Waals surface area contributed by atoms with Crippen molar-refractivity contribution in [1.29, 1.82) is 0 Å². The van der Waals surface area contributed by atoms with Crippen molar-refractivity contribution in [3.8, 4) is 0 Å². The van der Waals surface area contributed by atoms with Gasteiger partial charge in [-0.15, -0.1) is 11.3 Å². The molecule has 0 spiro atoms. The third-order valence-electron chi connectivity index (χ3n) is 7.26. The van der Waals surface area contributed by atoms with Crippen molar-refractivity contribution in [3.05, 3.63) is 93.7 Å². The molecule has 2 aromatic carbocycles. The van der Waals surface area contributed by atoms with Crippen LogP contribution in [-0.2, 0) is 9.53 Å². The lowest BCUT2D eigenvalue weighted by molar-refractivity contribution is -0.938. The van der Waals surface area contributed by atoms with Crippen LogP contribution < -0.4 is 0 Å². The van der Waals surface area contributed by atoms with Crippen LogP contribution >= 0.6 is 11.3 Å². The van der Waals surface area contributed by atoms with Crippen LogP contribution in [0.15, 0.2) is 66.0 Å². The number of nitrogens with zero attached hydrogens (tertiary/aromatic N) is 1. The molecule has 3 saturated heterocycles. The second-order valence-corrected chi connectivity index (χ2v) is 10.3. The van der Waals surface area contributed by atoms with Gasteiger partial charge in [0.05, 0.1) is 24.5 Å². The summed E-state index contributed by atoms with van der Waals surface area (Å²) in [4.78, 5) is 27.1. The number of hydrogen-bond acceptors (Lipinski definition) is 4. The highest BCUT2D eigenvalue weighted by Gasteiger charge is 2.50. The van der Waals surface area contributed by atoms with E-state index >= 15 is 0 Å². The van der Waals surface area contributed by atoms with Crippen molar-refractivity contribution in [3.63, 3.8) is 0 Å². The second-order valence-electron chi connectivity index (χ2n) is 9.39. The monoisotopic (exact) mass is 482 g/mol. The molecule has 0 N–H and O–H groups in total. The summed E-state index contributed by atoms with van der Waals surface area (Å²) < 4.78 is 33.7. The number of carbonyl (C=O) groups is 2. The van der Waals surface area contributed by atoms with Gasteiger partial charge in [0.1, 0.15) is 24.1 Å². The number of benzene rings is 2. The van der Waals surface area contributed by atoms with Gasteiger partial charge >= 0.3 is 5.97 Å². The van der Waals surface area contributed by atoms with Crippen molar-refractivity contribution < 1.29 is 27.6 Å². The van der Waals surface area contributed by atoms with Crippen molar-refractivity contribution in [2.45, 2.75) is 18.9 Å². The Labute approximate surface area is 201 Å². The fourth-order valence-electron chi connectivity index (χ4n) is 5.40. The van der Waals surface area contributed by atoms with Crippen LogP contribution in [0.3, 0.4) is 0 Å². The largest absolute Gasteiger partial charge is 0.452 e. The van der Waals surface area contributed by atoms with Crippen LogP contribution in [0.2, 0.25) is 0 Å². The molecule has 1 aromatic heterocycles. The van der Waals surface area contributed by atoms with Gasteiger partial charge in [-0.1, -0.05) is 30.3 Å². The van der Waals surface area contributed by atoms with Crippen LogP contribution in [0.25, 0.3) is 0 Å². The van der Waals surface area contributed by atoms with Crippen molar-refractivity contribution in [2.75, 3.05) is 26.2 Å². The van der Waals surface area contributed by atoms with E-state index < -0.39 is 6.10 Å². The smallest absolute Gasteiger partial charge is 0.315 e. The van der Waals surface area contributed by atoms with Gasteiger partial charge in [0.25, 0.3) is 0 Å². The van der Waals surface area contributed by atoms with Gasteiger partial charge in [0.15, 0.2) is 6.10 Å². The zero-order valence-electron chi connectivity index (χ0n) is 18.7. The lowest BCUT2D eigenvalue weighted by Crippen LogP contribution is -2.64. The standard InChI is InChI=1S/C27H26F2NO3S/c28-21-7-3-19(4-8-21)26(20-5-9-22(29)10-6-20)33-27(32)23-16-30(13-11-18(23)12-14-30)17-24(31)25-2-1-15-34-25/h1-10,15,18,23,26H,11-14,16-17H2/q+1. The number of carbonyl (C=O) groups excluding carboxylic acids is 2. The molecule has 34 heavy (non-hydrogen) atoms. The third-order valence-corrected chi connectivity index (χ3v) is 8.17. The lowest BCUT2D eigenvalue weighted by Gasteiger charge is -2.51. The number of ketones is 1. The van der Waals surface area contributed by atoms with Crippen molar-refractivity contribution in [1.82, 2.24) is 0 Å². The van der Waals surface area contributed by atoms with Gasteiger partial charge in [0, 0.05) is 12.8 Å². The van der Waals surface area contributed by atoms with Crippen LogP contribution in [0.1, 0.15) is 39.7 Å². The fourth-order valence-corrected chi connectivity index (χ4v) is 6.06. The number of halogens is 2. The number of thiophene rings is 1. The number of rotatable bonds is 7. The average Bonchev–Trinajstić information content (AvgIpc) is 3.40. The molecular weight excluding hydrogens is 456 g/mol. The molecule has 176 valence electrons. The third kappa shape index (κ3) is 4.68. The SMILES string of the molecule is O=C(C[N+]12CCC(CC1)C(C(=O)OC(c1ccc(F)cc1)c1ccc(F)cc1)C2)c1cccs1. The van der Waals surface area contributed by atoms with E-state index in [0.717, 1.165) is 30.8 Å². The predicted molar refractivity (Wildman–Crippen MR) is 125 cm³/mol. The number of Topliss-reactive ketones (excluding diaryl/α,β-unsaturated/α-hetero) is 1. The predicted octanol–water partition coefficient (Wildman–Crippen LogP) is 5.40. The number of hydrogen-bond donors (Lipinski definition) is 0. The first kappa shape index (κ1) is 22.9. The molecule has 0 radical (unpaired) electrons. The zero-order valence-corrected chi connectivity index (χ0v) is 19.5. The Morgan fingerprint density at radius 2 is 1.53 bits per heavy atom. The van der Waals surface area contributed by atoms with Crippen molar-refractivity contribution in [2.24, 2.45) is 11.8 Å². The molecule has 3 aliphatic rings. The number of esters is 1. The number of fused-ring (bicyclic) bond motifs is 3. The summed E-state index contributed by atoms with van der Waals surface area (Å²) in [5, 5.41) is 1.90. The lowest BCUT2D eigenvalue weighted by atomic mass is 9.77. The number of quaternary nitrogens is 1. The average molecular weight is 483 g/mol.